The Morgan fingerprint density at radius 3 is 2.47 bits per heavy atom. The molecule has 1 amide bonds. The van der Waals surface area contributed by atoms with Gasteiger partial charge in [0, 0.05) is 20.0 Å². The van der Waals surface area contributed by atoms with Gasteiger partial charge in [-0.2, -0.15) is 0 Å². The Labute approximate surface area is 115 Å². The summed E-state index contributed by atoms with van der Waals surface area (Å²) in [5.74, 6) is 1.10. The number of amides is 1. The van der Waals surface area contributed by atoms with Crippen molar-refractivity contribution in [2.24, 2.45) is 0 Å². The lowest BCUT2D eigenvalue weighted by Gasteiger charge is -2.20. The molecule has 0 fully saturated rings. The molecular formula is C15H23NO3. The number of likely N-dealkylation sites (N-methyl/N-ethyl adjacent to an activating group) is 1. The summed E-state index contributed by atoms with van der Waals surface area (Å²) >= 11 is 0. The van der Waals surface area contributed by atoms with Crippen LogP contribution in [0.5, 0.6) is 5.75 Å². The summed E-state index contributed by atoms with van der Waals surface area (Å²) in [6, 6.07) is 7.85. The van der Waals surface area contributed by atoms with Gasteiger partial charge in [-0.05, 0) is 30.0 Å². The maximum atomic E-state index is 12.0. The molecule has 1 atom stereocenters. The zero-order valence-electron chi connectivity index (χ0n) is 11.9. The molecule has 0 heterocycles. The first-order valence-corrected chi connectivity index (χ1v) is 6.61. The number of methoxy groups -OCH3 is 1. The third-order valence-electron chi connectivity index (χ3n) is 3.36. The monoisotopic (exact) mass is 265 g/mol. The third kappa shape index (κ3) is 4.56. The minimum atomic E-state index is 0.00156. The Hall–Kier alpha value is -1.55. The number of hydrogen-bond donors (Lipinski definition) is 1. The second-order valence-corrected chi connectivity index (χ2v) is 4.62. The van der Waals surface area contributed by atoms with E-state index in [-0.39, 0.29) is 18.4 Å². The molecule has 1 unspecified atom stereocenters. The molecule has 4 heteroatoms. The molecule has 19 heavy (non-hydrogen) atoms. The van der Waals surface area contributed by atoms with Crippen molar-refractivity contribution in [3.05, 3.63) is 29.8 Å². The summed E-state index contributed by atoms with van der Waals surface area (Å²) in [5.41, 5.74) is 1.15. The Balaban J connectivity index is 2.69. The van der Waals surface area contributed by atoms with Crippen molar-refractivity contribution in [1.82, 2.24) is 4.90 Å². The summed E-state index contributed by atoms with van der Waals surface area (Å²) in [4.78, 5) is 13.6. The van der Waals surface area contributed by atoms with E-state index in [1.807, 2.05) is 24.3 Å². The average Bonchev–Trinajstić information content (AvgIpc) is 2.45. The molecule has 0 spiro atoms. The molecule has 0 aliphatic rings. The summed E-state index contributed by atoms with van der Waals surface area (Å²) in [7, 11) is 3.36. The standard InChI is InChI=1S/C15H23NO3/c1-4-12(11-15(18)16(2)9-10-17)13-5-7-14(19-3)8-6-13/h5-8,12,17H,4,9-11H2,1-3H3. The minimum absolute atomic E-state index is 0.00156. The van der Waals surface area contributed by atoms with Gasteiger partial charge in [0.15, 0.2) is 0 Å². The van der Waals surface area contributed by atoms with Crippen LogP contribution in [0, 0.1) is 0 Å². The lowest BCUT2D eigenvalue weighted by Crippen LogP contribution is -2.30. The van der Waals surface area contributed by atoms with Crippen LogP contribution < -0.4 is 4.74 Å². The lowest BCUT2D eigenvalue weighted by atomic mass is 9.92. The second kappa shape index (κ2) is 7.79. The zero-order valence-corrected chi connectivity index (χ0v) is 11.9. The van der Waals surface area contributed by atoms with E-state index in [0.717, 1.165) is 17.7 Å². The first-order chi connectivity index (χ1) is 9.12. The SMILES string of the molecule is CCC(CC(=O)N(C)CCO)c1ccc(OC)cc1. The normalized spacial score (nSPS) is 12.0. The van der Waals surface area contributed by atoms with E-state index < -0.39 is 0 Å². The number of rotatable bonds is 7. The highest BCUT2D eigenvalue weighted by Gasteiger charge is 2.17. The molecule has 0 saturated carbocycles. The van der Waals surface area contributed by atoms with Crippen LogP contribution in [0.25, 0.3) is 0 Å². The van der Waals surface area contributed by atoms with Gasteiger partial charge in [-0.15, -0.1) is 0 Å². The maximum absolute atomic E-state index is 12.0. The molecule has 1 aromatic rings. The Kier molecular flexibility index (Phi) is 6.36. The van der Waals surface area contributed by atoms with Crippen molar-refractivity contribution in [1.29, 1.82) is 0 Å². The van der Waals surface area contributed by atoms with Crippen LogP contribution in [0.1, 0.15) is 31.2 Å². The fraction of sp³-hybridized carbons (Fsp3) is 0.533. The first kappa shape index (κ1) is 15.5. The highest BCUT2D eigenvalue weighted by molar-refractivity contribution is 5.76. The maximum Gasteiger partial charge on any atom is 0.223 e. The predicted molar refractivity (Wildman–Crippen MR) is 75.4 cm³/mol. The van der Waals surface area contributed by atoms with Gasteiger partial charge in [0.2, 0.25) is 5.91 Å². The molecule has 1 N–H and O–H groups in total. The van der Waals surface area contributed by atoms with Gasteiger partial charge in [-0.1, -0.05) is 19.1 Å². The quantitative estimate of drug-likeness (QED) is 0.820. The minimum Gasteiger partial charge on any atom is -0.497 e. The fourth-order valence-electron chi connectivity index (χ4n) is 2.02. The highest BCUT2D eigenvalue weighted by Crippen LogP contribution is 2.25. The molecule has 1 aromatic carbocycles. The van der Waals surface area contributed by atoms with Crippen LogP contribution in [-0.2, 0) is 4.79 Å². The molecule has 0 aliphatic heterocycles. The number of aliphatic hydroxyl groups excluding tert-OH is 1. The average molecular weight is 265 g/mol. The lowest BCUT2D eigenvalue weighted by molar-refractivity contribution is -0.130. The zero-order chi connectivity index (χ0) is 14.3. The van der Waals surface area contributed by atoms with Crippen molar-refractivity contribution < 1.29 is 14.6 Å². The summed E-state index contributed by atoms with van der Waals surface area (Å²) < 4.78 is 5.13. The molecule has 0 aromatic heterocycles. The molecule has 0 bridgehead atoms. The van der Waals surface area contributed by atoms with E-state index in [2.05, 4.69) is 6.92 Å². The van der Waals surface area contributed by atoms with E-state index in [0.29, 0.717) is 13.0 Å². The van der Waals surface area contributed by atoms with Crippen LogP contribution >= 0.6 is 0 Å². The van der Waals surface area contributed by atoms with Crippen molar-refractivity contribution in [3.8, 4) is 5.75 Å². The van der Waals surface area contributed by atoms with Gasteiger partial charge < -0.3 is 14.7 Å². The molecular weight excluding hydrogens is 242 g/mol. The fourth-order valence-corrected chi connectivity index (χ4v) is 2.02. The number of hydrogen-bond acceptors (Lipinski definition) is 3. The van der Waals surface area contributed by atoms with E-state index in [1.165, 1.54) is 0 Å². The Bertz CT molecular complexity index is 389. The van der Waals surface area contributed by atoms with Crippen LogP contribution in [0.15, 0.2) is 24.3 Å². The van der Waals surface area contributed by atoms with Gasteiger partial charge in [0.1, 0.15) is 5.75 Å². The van der Waals surface area contributed by atoms with Gasteiger partial charge in [0.05, 0.1) is 13.7 Å². The van der Waals surface area contributed by atoms with Crippen molar-refractivity contribution in [2.75, 3.05) is 27.3 Å². The van der Waals surface area contributed by atoms with E-state index in [1.54, 1.807) is 19.1 Å². The number of nitrogens with zero attached hydrogens (tertiary/aromatic N) is 1. The summed E-state index contributed by atoms with van der Waals surface area (Å²) in [5, 5.41) is 8.84. The number of aliphatic hydroxyl groups is 1. The van der Waals surface area contributed by atoms with Gasteiger partial charge in [-0.25, -0.2) is 0 Å². The van der Waals surface area contributed by atoms with E-state index in [4.69, 9.17) is 9.84 Å². The largest absolute Gasteiger partial charge is 0.497 e. The second-order valence-electron chi connectivity index (χ2n) is 4.62. The number of ether oxygens (including phenoxy) is 1. The molecule has 0 radical (unpaired) electrons. The predicted octanol–water partition coefficient (Wildman–Crippen LogP) is 2.03. The van der Waals surface area contributed by atoms with E-state index in [9.17, 15) is 4.79 Å². The smallest absolute Gasteiger partial charge is 0.223 e. The van der Waals surface area contributed by atoms with Crippen LogP contribution in [-0.4, -0.2) is 43.2 Å². The molecule has 4 nitrogen and oxygen atoms in total. The van der Waals surface area contributed by atoms with E-state index >= 15 is 0 Å². The van der Waals surface area contributed by atoms with Crippen LogP contribution in [0.3, 0.4) is 0 Å². The first-order valence-electron chi connectivity index (χ1n) is 6.61. The molecule has 106 valence electrons. The van der Waals surface area contributed by atoms with Crippen molar-refractivity contribution in [2.45, 2.75) is 25.7 Å². The Morgan fingerprint density at radius 2 is 2.00 bits per heavy atom. The van der Waals surface area contributed by atoms with Gasteiger partial charge in [0.25, 0.3) is 0 Å². The highest BCUT2D eigenvalue weighted by atomic mass is 16.5. The number of carbonyl (C=O) groups excluding carboxylic acids is 1. The topological polar surface area (TPSA) is 49.8 Å². The number of carbonyl (C=O) groups is 1. The van der Waals surface area contributed by atoms with Crippen LogP contribution in [0.2, 0.25) is 0 Å². The van der Waals surface area contributed by atoms with Crippen molar-refractivity contribution >= 4 is 5.91 Å². The Morgan fingerprint density at radius 1 is 1.37 bits per heavy atom. The molecule has 1 rings (SSSR count). The molecule has 0 saturated heterocycles. The third-order valence-corrected chi connectivity index (χ3v) is 3.36. The van der Waals surface area contributed by atoms with Gasteiger partial charge in [-0.3, -0.25) is 4.79 Å². The van der Waals surface area contributed by atoms with Crippen molar-refractivity contribution in [3.63, 3.8) is 0 Å². The molecule has 0 aliphatic carbocycles. The summed E-state index contributed by atoms with van der Waals surface area (Å²) in [6.45, 7) is 2.47. The van der Waals surface area contributed by atoms with Gasteiger partial charge >= 0.3 is 0 Å². The van der Waals surface area contributed by atoms with Crippen LogP contribution in [0.4, 0.5) is 0 Å². The summed E-state index contributed by atoms with van der Waals surface area (Å²) in [6.07, 6.45) is 1.38. The number of benzene rings is 1.